The van der Waals surface area contributed by atoms with Gasteiger partial charge in [-0.05, 0) is 30.2 Å². The highest BCUT2D eigenvalue weighted by Crippen LogP contribution is 2.28. The van der Waals surface area contributed by atoms with Crippen LogP contribution in [0.25, 0.3) is 16.9 Å². The summed E-state index contributed by atoms with van der Waals surface area (Å²) in [5.74, 6) is 0.532. The predicted molar refractivity (Wildman–Crippen MR) is 117 cm³/mol. The van der Waals surface area contributed by atoms with Gasteiger partial charge in [-0.1, -0.05) is 45.0 Å². The summed E-state index contributed by atoms with van der Waals surface area (Å²) in [6.07, 6.45) is 2.01. The Morgan fingerprint density at radius 2 is 1.64 bits per heavy atom. The lowest BCUT2D eigenvalue weighted by Crippen LogP contribution is -2.45. The molecular weight excluding hydrogens is 346 g/mol. The Balaban J connectivity index is 1.70. The normalized spacial score (nSPS) is 16.3. The molecular formula is C23H31N5. The number of fused-ring (bicyclic) bond motifs is 1. The number of nitrogens with two attached hydrogens (primary N) is 1. The Morgan fingerprint density at radius 1 is 0.964 bits per heavy atom. The minimum Gasteiger partial charge on any atom is -0.398 e. The first-order valence-corrected chi connectivity index (χ1v) is 10.4. The molecule has 1 aliphatic heterocycles. The van der Waals surface area contributed by atoms with Crippen molar-refractivity contribution in [2.24, 2.45) is 0 Å². The molecule has 0 spiro atoms. The maximum absolute atomic E-state index is 6.09. The van der Waals surface area contributed by atoms with Crippen molar-refractivity contribution in [3.05, 3.63) is 53.9 Å². The molecule has 3 aromatic rings. The molecule has 2 N–H and O–H groups in total. The van der Waals surface area contributed by atoms with E-state index in [2.05, 4.69) is 59.2 Å². The second-order valence-corrected chi connectivity index (χ2v) is 8.08. The van der Waals surface area contributed by atoms with Crippen LogP contribution in [0.4, 0.5) is 5.69 Å². The summed E-state index contributed by atoms with van der Waals surface area (Å²) in [4.78, 5) is 10.0. The van der Waals surface area contributed by atoms with E-state index in [1.165, 1.54) is 16.8 Å². The van der Waals surface area contributed by atoms with Crippen molar-refractivity contribution in [1.29, 1.82) is 0 Å². The highest BCUT2D eigenvalue weighted by molar-refractivity contribution is 5.67. The fourth-order valence-corrected chi connectivity index (χ4v) is 3.99. The number of likely N-dealkylation sites (N-methyl/N-ethyl adjacent to an activating group) is 1. The van der Waals surface area contributed by atoms with Crippen LogP contribution >= 0.6 is 0 Å². The lowest BCUT2D eigenvalue weighted by Gasteiger charge is -2.34. The van der Waals surface area contributed by atoms with Crippen molar-refractivity contribution in [2.45, 2.75) is 33.2 Å². The molecule has 0 atom stereocenters. The molecule has 0 unspecified atom stereocenters. The molecule has 3 heterocycles. The summed E-state index contributed by atoms with van der Waals surface area (Å²) in [6.45, 7) is 13.2. The van der Waals surface area contributed by atoms with E-state index in [1.807, 2.05) is 18.3 Å². The molecule has 1 aromatic carbocycles. The number of nitrogens with zero attached hydrogens (tertiary/aromatic N) is 4. The van der Waals surface area contributed by atoms with Crippen LogP contribution in [-0.4, -0.2) is 51.9 Å². The van der Waals surface area contributed by atoms with Gasteiger partial charge in [0.2, 0.25) is 0 Å². The summed E-state index contributed by atoms with van der Waals surface area (Å²) >= 11 is 0. The molecule has 0 saturated carbocycles. The Morgan fingerprint density at radius 3 is 2.29 bits per heavy atom. The van der Waals surface area contributed by atoms with Gasteiger partial charge in [-0.15, -0.1) is 0 Å². The van der Waals surface area contributed by atoms with Crippen LogP contribution in [0.1, 0.15) is 37.9 Å². The fourth-order valence-electron chi connectivity index (χ4n) is 3.99. The third kappa shape index (κ3) is 3.77. The highest BCUT2D eigenvalue weighted by Gasteiger charge is 2.21. The van der Waals surface area contributed by atoms with E-state index in [-0.39, 0.29) is 0 Å². The van der Waals surface area contributed by atoms with Crippen LogP contribution in [-0.2, 0) is 6.54 Å². The van der Waals surface area contributed by atoms with Gasteiger partial charge in [0.05, 0.1) is 11.4 Å². The molecule has 28 heavy (non-hydrogen) atoms. The van der Waals surface area contributed by atoms with E-state index >= 15 is 0 Å². The van der Waals surface area contributed by atoms with E-state index in [0.29, 0.717) is 5.92 Å². The number of nitrogen functional groups attached to an aromatic ring is 1. The Labute approximate surface area is 167 Å². The van der Waals surface area contributed by atoms with Gasteiger partial charge >= 0.3 is 0 Å². The number of rotatable bonds is 5. The first-order valence-electron chi connectivity index (χ1n) is 10.4. The van der Waals surface area contributed by atoms with Crippen molar-refractivity contribution in [1.82, 2.24) is 19.2 Å². The highest BCUT2D eigenvalue weighted by atomic mass is 15.3. The molecule has 0 amide bonds. The smallest absolute Gasteiger partial charge is 0.137 e. The molecule has 0 radical (unpaired) electrons. The van der Waals surface area contributed by atoms with Gasteiger partial charge in [-0.2, -0.15) is 0 Å². The predicted octanol–water partition coefficient (Wildman–Crippen LogP) is 3.84. The summed E-state index contributed by atoms with van der Waals surface area (Å²) in [7, 11) is 0. The average molecular weight is 378 g/mol. The molecule has 1 aliphatic rings. The molecule has 1 saturated heterocycles. The van der Waals surface area contributed by atoms with Gasteiger partial charge in [0.1, 0.15) is 5.65 Å². The molecule has 0 bridgehead atoms. The number of aromatic nitrogens is 2. The number of pyridine rings is 1. The number of benzene rings is 1. The maximum atomic E-state index is 6.09. The standard InChI is InChI=1S/C23H31N5/c1-4-26-11-13-27(14-12-26)16-21-23(19-7-5-18(6-8-19)17(2)3)25-22-10-9-20(24)15-28(21)22/h5-10,15,17H,4,11-14,16,24H2,1-3H3. The van der Waals surface area contributed by atoms with Crippen LogP contribution < -0.4 is 5.73 Å². The topological polar surface area (TPSA) is 49.8 Å². The third-order valence-corrected chi connectivity index (χ3v) is 5.88. The lowest BCUT2D eigenvalue weighted by atomic mass is 10.0. The van der Waals surface area contributed by atoms with Crippen molar-refractivity contribution in [2.75, 3.05) is 38.5 Å². The fraction of sp³-hybridized carbons (Fsp3) is 0.435. The molecule has 5 heteroatoms. The van der Waals surface area contributed by atoms with Gasteiger partial charge in [0.15, 0.2) is 0 Å². The summed E-state index contributed by atoms with van der Waals surface area (Å²) in [5, 5.41) is 0. The van der Waals surface area contributed by atoms with Gasteiger partial charge in [0.25, 0.3) is 0 Å². The average Bonchev–Trinajstić information content (AvgIpc) is 3.06. The first kappa shape index (κ1) is 19.0. The van der Waals surface area contributed by atoms with E-state index in [9.17, 15) is 0 Å². The summed E-state index contributed by atoms with van der Waals surface area (Å²) < 4.78 is 2.17. The zero-order valence-corrected chi connectivity index (χ0v) is 17.2. The molecule has 2 aromatic heterocycles. The quantitative estimate of drug-likeness (QED) is 0.734. The minimum absolute atomic E-state index is 0.532. The molecule has 5 nitrogen and oxygen atoms in total. The third-order valence-electron chi connectivity index (χ3n) is 5.88. The summed E-state index contributed by atoms with van der Waals surface area (Å²) in [6, 6.07) is 12.8. The number of hydrogen-bond donors (Lipinski definition) is 1. The number of hydrogen-bond acceptors (Lipinski definition) is 4. The molecule has 148 valence electrons. The van der Waals surface area contributed by atoms with E-state index in [1.54, 1.807) is 0 Å². The molecule has 1 fully saturated rings. The SMILES string of the molecule is CCN1CCN(Cc2c(-c3ccc(C(C)C)cc3)nc3ccc(N)cn23)CC1. The lowest BCUT2D eigenvalue weighted by molar-refractivity contribution is 0.131. The van der Waals surface area contributed by atoms with Gasteiger partial charge in [0, 0.05) is 50.2 Å². The zero-order valence-electron chi connectivity index (χ0n) is 17.2. The second kappa shape index (κ2) is 7.94. The van der Waals surface area contributed by atoms with Gasteiger partial charge in [-0.25, -0.2) is 4.98 Å². The Kier molecular flexibility index (Phi) is 5.38. The zero-order chi connectivity index (χ0) is 19.7. The monoisotopic (exact) mass is 377 g/mol. The first-order chi connectivity index (χ1) is 13.5. The van der Waals surface area contributed by atoms with Crippen LogP contribution in [0.3, 0.4) is 0 Å². The number of imidazole rings is 1. The van der Waals surface area contributed by atoms with Gasteiger partial charge < -0.3 is 15.0 Å². The molecule has 4 rings (SSSR count). The Bertz CT molecular complexity index is 934. The Hall–Kier alpha value is -2.37. The van der Waals surface area contributed by atoms with Crippen LogP contribution in [0, 0.1) is 0 Å². The van der Waals surface area contributed by atoms with Crippen LogP contribution in [0.15, 0.2) is 42.6 Å². The minimum atomic E-state index is 0.532. The van der Waals surface area contributed by atoms with Crippen molar-refractivity contribution >= 4 is 11.3 Å². The van der Waals surface area contributed by atoms with Crippen molar-refractivity contribution < 1.29 is 0 Å². The molecule has 0 aliphatic carbocycles. The van der Waals surface area contributed by atoms with Crippen molar-refractivity contribution in [3.8, 4) is 11.3 Å². The van der Waals surface area contributed by atoms with Crippen LogP contribution in [0.5, 0.6) is 0 Å². The van der Waals surface area contributed by atoms with Crippen LogP contribution in [0.2, 0.25) is 0 Å². The number of piperazine rings is 1. The van der Waals surface area contributed by atoms with E-state index in [0.717, 1.165) is 56.3 Å². The number of anilines is 1. The van der Waals surface area contributed by atoms with Gasteiger partial charge in [-0.3, -0.25) is 4.90 Å². The summed E-state index contributed by atoms with van der Waals surface area (Å²) in [5.41, 5.74) is 12.6. The van der Waals surface area contributed by atoms with E-state index in [4.69, 9.17) is 10.7 Å². The van der Waals surface area contributed by atoms with Crippen molar-refractivity contribution in [3.63, 3.8) is 0 Å². The second-order valence-electron chi connectivity index (χ2n) is 8.08. The largest absolute Gasteiger partial charge is 0.398 e. The van der Waals surface area contributed by atoms with E-state index < -0.39 is 0 Å². The maximum Gasteiger partial charge on any atom is 0.137 e.